The van der Waals surface area contributed by atoms with Gasteiger partial charge in [0, 0.05) is 7.11 Å². The molecule has 0 bridgehead atoms. The van der Waals surface area contributed by atoms with E-state index in [-0.39, 0.29) is 0 Å². The number of ether oxygens (including phenoxy) is 1. The molecule has 0 N–H and O–H groups in total. The van der Waals surface area contributed by atoms with Crippen LogP contribution < -0.4 is 0 Å². The summed E-state index contributed by atoms with van der Waals surface area (Å²) in [4.78, 5) is 0. The van der Waals surface area contributed by atoms with Crippen LogP contribution in [0.4, 0.5) is 8.78 Å². The third kappa shape index (κ3) is 2.24. The van der Waals surface area contributed by atoms with Crippen LogP contribution in [0.1, 0.15) is 0 Å². The second-order valence-electron chi connectivity index (χ2n) is 1.07. The second kappa shape index (κ2) is 2.94. The highest BCUT2D eigenvalue weighted by atomic mass is 79.9. The number of alkyl halides is 4. The van der Waals surface area contributed by atoms with Crippen LogP contribution in [0.15, 0.2) is 0 Å². The van der Waals surface area contributed by atoms with Crippen LogP contribution in [0, 0.1) is 0 Å². The minimum absolute atomic E-state index is 0.886. The lowest BCUT2D eigenvalue weighted by Gasteiger charge is -2.13. The van der Waals surface area contributed by atoms with Crippen LogP contribution in [0.3, 0.4) is 0 Å². The summed E-state index contributed by atoms with van der Waals surface area (Å²) in [6.07, 6.45) is -3.28. The van der Waals surface area contributed by atoms with Crippen molar-refractivity contribution in [3.63, 3.8) is 0 Å². The summed E-state index contributed by atoms with van der Waals surface area (Å²) in [7, 11) is 0.886. The Labute approximate surface area is 59.1 Å². The molecule has 0 heterocycles. The van der Waals surface area contributed by atoms with E-state index in [1.165, 1.54) is 0 Å². The maximum Gasteiger partial charge on any atom is 0.381 e. The van der Waals surface area contributed by atoms with Gasteiger partial charge >= 0.3 is 6.11 Å². The molecule has 1 nitrogen and oxygen atoms in total. The molecule has 0 aromatic rings. The van der Waals surface area contributed by atoms with Crippen molar-refractivity contribution in [3.05, 3.63) is 0 Å². The van der Waals surface area contributed by atoms with E-state index in [2.05, 4.69) is 20.7 Å². The third-order valence-electron chi connectivity index (χ3n) is 0.526. The van der Waals surface area contributed by atoms with Crippen LogP contribution in [-0.2, 0) is 4.74 Å². The molecule has 8 heavy (non-hydrogen) atoms. The largest absolute Gasteiger partial charge is 0.381 e. The molecule has 0 aliphatic carbocycles. The topological polar surface area (TPSA) is 9.23 Å². The Kier molecular flexibility index (Phi) is 3.16. The molecule has 0 amide bonds. The van der Waals surface area contributed by atoms with Gasteiger partial charge < -0.3 is 4.74 Å². The van der Waals surface area contributed by atoms with E-state index in [4.69, 9.17) is 11.6 Å². The first kappa shape index (κ1) is 8.59. The minimum Gasteiger partial charge on any atom is -0.322 e. The Morgan fingerprint density at radius 1 is 1.75 bits per heavy atom. The van der Waals surface area contributed by atoms with Crippen LogP contribution in [0.5, 0.6) is 0 Å². The maximum atomic E-state index is 11.9. The Morgan fingerprint density at radius 2 is 2.12 bits per heavy atom. The van der Waals surface area contributed by atoms with Crippen molar-refractivity contribution in [2.75, 3.05) is 7.11 Å². The molecule has 0 saturated heterocycles. The summed E-state index contributed by atoms with van der Waals surface area (Å²) < 4.78 is 26.0. The van der Waals surface area contributed by atoms with Gasteiger partial charge in [0.2, 0.25) is 0 Å². The predicted octanol–water partition coefficient (Wildman–Crippen LogP) is 2.19. The van der Waals surface area contributed by atoms with Gasteiger partial charge in [0.1, 0.15) is 0 Å². The summed E-state index contributed by atoms with van der Waals surface area (Å²) in [5.41, 5.74) is 0. The number of hydrogen-bond donors (Lipinski definition) is 0. The zero-order chi connectivity index (χ0) is 6.78. The Balaban J connectivity index is 3.71. The van der Waals surface area contributed by atoms with Gasteiger partial charge in [-0.1, -0.05) is 15.9 Å². The van der Waals surface area contributed by atoms with E-state index in [1.54, 1.807) is 0 Å². The molecule has 5 heteroatoms. The van der Waals surface area contributed by atoms with Crippen LogP contribution >= 0.6 is 27.5 Å². The predicted molar refractivity (Wildman–Crippen MR) is 30.5 cm³/mol. The van der Waals surface area contributed by atoms with Crippen molar-refractivity contribution in [3.8, 4) is 0 Å². The Bertz CT molecular complexity index is 77.7. The standard InChI is InChI=1S/C3H4BrClF2O/c1-8-3(6,7)2(4)5/h2H,1H3. The first-order valence-electron chi connectivity index (χ1n) is 1.72. The monoisotopic (exact) mass is 208 g/mol. The summed E-state index contributed by atoms with van der Waals surface area (Å²) in [6.45, 7) is 0. The van der Waals surface area contributed by atoms with Crippen molar-refractivity contribution < 1.29 is 13.5 Å². The quantitative estimate of drug-likeness (QED) is 0.634. The SMILES string of the molecule is COC(F)(F)C(Cl)Br. The minimum atomic E-state index is -3.28. The number of methoxy groups -OCH3 is 1. The van der Waals surface area contributed by atoms with E-state index in [1.807, 2.05) is 0 Å². The smallest absolute Gasteiger partial charge is 0.322 e. The summed E-state index contributed by atoms with van der Waals surface area (Å²) >= 11 is 7.36. The van der Waals surface area contributed by atoms with Gasteiger partial charge in [-0.05, 0) is 0 Å². The van der Waals surface area contributed by atoms with Crippen molar-refractivity contribution in [2.45, 2.75) is 10.4 Å². The highest BCUT2D eigenvalue weighted by Gasteiger charge is 2.36. The number of halogens is 4. The van der Waals surface area contributed by atoms with Gasteiger partial charge in [-0.2, -0.15) is 8.78 Å². The zero-order valence-electron chi connectivity index (χ0n) is 4.00. The van der Waals surface area contributed by atoms with Gasteiger partial charge in [-0.3, -0.25) is 0 Å². The fraction of sp³-hybridized carbons (Fsp3) is 1.00. The number of rotatable bonds is 2. The fourth-order valence-electron chi connectivity index (χ4n) is 0.0891. The fourth-order valence-corrected chi connectivity index (χ4v) is 0.365. The van der Waals surface area contributed by atoms with Gasteiger partial charge in [0.25, 0.3) is 0 Å². The molecule has 0 rings (SSSR count). The van der Waals surface area contributed by atoms with E-state index >= 15 is 0 Å². The van der Waals surface area contributed by atoms with E-state index in [9.17, 15) is 8.78 Å². The number of hydrogen-bond acceptors (Lipinski definition) is 1. The van der Waals surface area contributed by atoms with Gasteiger partial charge in [-0.15, -0.1) is 11.6 Å². The van der Waals surface area contributed by atoms with Crippen molar-refractivity contribution in [1.29, 1.82) is 0 Å². The van der Waals surface area contributed by atoms with Crippen LogP contribution in [0.2, 0.25) is 0 Å². The molecule has 0 spiro atoms. The van der Waals surface area contributed by atoms with Crippen molar-refractivity contribution in [1.82, 2.24) is 0 Å². The highest BCUT2D eigenvalue weighted by Crippen LogP contribution is 2.27. The van der Waals surface area contributed by atoms with Crippen LogP contribution in [-0.4, -0.2) is 17.5 Å². The highest BCUT2D eigenvalue weighted by molar-refractivity contribution is 9.10. The summed E-state index contributed by atoms with van der Waals surface area (Å²) in [6, 6.07) is 0. The lowest BCUT2D eigenvalue weighted by atomic mass is 10.7. The zero-order valence-corrected chi connectivity index (χ0v) is 6.34. The molecule has 0 radical (unpaired) electrons. The normalized spacial score (nSPS) is 16.1. The lowest BCUT2D eigenvalue weighted by molar-refractivity contribution is -0.207. The third-order valence-corrected chi connectivity index (χ3v) is 1.31. The second-order valence-corrected chi connectivity index (χ2v) is 2.95. The van der Waals surface area contributed by atoms with Crippen molar-refractivity contribution >= 4 is 27.5 Å². The van der Waals surface area contributed by atoms with Gasteiger partial charge in [0.05, 0.1) is 0 Å². The average Bonchev–Trinajstić information content (AvgIpc) is 1.67. The van der Waals surface area contributed by atoms with Gasteiger partial charge in [-0.25, -0.2) is 0 Å². The summed E-state index contributed by atoms with van der Waals surface area (Å²) in [5, 5.41) is 0. The molecule has 0 fully saturated rings. The van der Waals surface area contributed by atoms with E-state index in [0.717, 1.165) is 7.11 Å². The first-order valence-corrected chi connectivity index (χ1v) is 3.07. The molecule has 0 saturated carbocycles. The van der Waals surface area contributed by atoms with Gasteiger partial charge in [0.15, 0.2) is 4.29 Å². The molecule has 0 aliphatic rings. The van der Waals surface area contributed by atoms with E-state index < -0.39 is 10.4 Å². The molecule has 1 atom stereocenters. The first-order chi connectivity index (χ1) is 3.50. The lowest BCUT2D eigenvalue weighted by Crippen LogP contribution is -2.26. The van der Waals surface area contributed by atoms with Crippen molar-refractivity contribution in [2.24, 2.45) is 0 Å². The van der Waals surface area contributed by atoms with Crippen LogP contribution in [0.25, 0.3) is 0 Å². The molecule has 0 aromatic carbocycles. The average molecular weight is 209 g/mol. The summed E-state index contributed by atoms with van der Waals surface area (Å²) in [5.74, 6) is 0. The molecule has 0 aliphatic heterocycles. The van der Waals surface area contributed by atoms with E-state index in [0.29, 0.717) is 0 Å². The Morgan fingerprint density at radius 3 is 2.12 bits per heavy atom. The molecule has 50 valence electrons. The maximum absolute atomic E-state index is 11.9. The molecule has 1 unspecified atom stereocenters. The Hall–Kier alpha value is 0.590. The molecular formula is C3H4BrClF2O. The molecular weight excluding hydrogens is 205 g/mol. The molecule has 0 aromatic heterocycles.